The topological polar surface area (TPSA) is 60.5 Å². The van der Waals surface area contributed by atoms with Crippen molar-refractivity contribution in [1.29, 1.82) is 0 Å². The van der Waals surface area contributed by atoms with Gasteiger partial charge in [0.25, 0.3) is 5.91 Å². The number of benzene rings is 2. The summed E-state index contributed by atoms with van der Waals surface area (Å²) in [6, 6.07) is 24.7. The van der Waals surface area contributed by atoms with Crippen LogP contribution in [0, 0.1) is 0 Å². The lowest BCUT2D eigenvalue weighted by Crippen LogP contribution is -2.58. The molecule has 1 saturated heterocycles. The van der Waals surface area contributed by atoms with Gasteiger partial charge >= 0.3 is 0 Å². The van der Waals surface area contributed by atoms with E-state index in [1.165, 1.54) is 0 Å². The van der Waals surface area contributed by atoms with E-state index < -0.39 is 11.6 Å². The van der Waals surface area contributed by atoms with Crippen molar-refractivity contribution in [2.24, 2.45) is 0 Å². The molecule has 5 heteroatoms. The first-order chi connectivity index (χ1) is 13.3. The molecule has 1 atom stereocenters. The first-order valence-electron chi connectivity index (χ1n) is 8.85. The molecule has 2 heterocycles. The van der Waals surface area contributed by atoms with Crippen molar-refractivity contribution in [3.05, 3.63) is 102 Å². The van der Waals surface area contributed by atoms with E-state index in [-0.39, 0.29) is 12.7 Å². The summed E-state index contributed by atoms with van der Waals surface area (Å²) in [5, 5.41) is 3.07. The van der Waals surface area contributed by atoms with E-state index in [9.17, 15) is 4.79 Å². The number of nitrogens with one attached hydrogen (secondary N) is 1. The van der Waals surface area contributed by atoms with Crippen LogP contribution in [0.3, 0.4) is 0 Å². The maximum absolute atomic E-state index is 12.8. The Morgan fingerprint density at radius 1 is 0.926 bits per heavy atom. The fourth-order valence-electron chi connectivity index (χ4n) is 3.50. The number of ether oxygens (including phenoxy) is 2. The first-order valence-corrected chi connectivity index (χ1v) is 8.85. The zero-order valence-electron chi connectivity index (χ0n) is 14.7. The average molecular weight is 360 g/mol. The summed E-state index contributed by atoms with van der Waals surface area (Å²) >= 11 is 0. The van der Waals surface area contributed by atoms with Crippen LogP contribution in [-0.2, 0) is 15.1 Å². The van der Waals surface area contributed by atoms with E-state index in [0.717, 1.165) is 11.1 Å². The molecule has 1 amide bonds. The molecule has 0 aliphatic carbocycles. The molecule has 0 spiro atoms. The fraction of sp³-hybridized carbons (Fsp3) is 0.182. The number of carbonyl (C=O) groups excluding carboxylic acids is 1. The summed E-state index contributed by atoms with van der Waals surface area (Å²) < 4.78 is 11.8. The number of nitrogens with zero attached hydrogens (tertiary/aromatic N) is 1. The number of pyridine rings is 1. The van der Waals surface area contributed by atoms with Crippen LogP contribution in [0.2, 0.25) is 0 Å². The zero-order valence-corrected chi connectivity index (χ0v) is 14.7. The quantitative estimate of drug-likeness (QED) is 0.777. The number of aromatic nitrogens is 1. The first kappa shape index (κ1) is 17.4. The maximum atomic E-state index is 12.8. The number of amides is 1. The molecular weight excluding hydrogens is 340 g/mol. The van der Waals surface area contributed by atoms with Crippen LogP contribution in [0.1, 0.15) is 21.6 Å². The van der Waals surface area contributed by atoms with Crippen LogP contribution in [-0.4, -0.2) is 30.3 Å². The van der Waals surface area contributed by atoms with Crippen LogP contribution >= 0.6 is 0 Å². The van der Waals surface area contributed by atoms with E-state index >= 15 is 0 Å². The van der Waals surface area contributed by atoms with E-state index in [2.05, 4.69) is 10.3 Å². The van der Waals surface area contributed by atoms with Crippen LogP contribution in [0.5, 0.6) is 0 Å². The molecule has 1 aliphatic rings. The normalized spacial score (nSPS) is 18.6. The number of hydrogen-bond donors (Lipinski definition) is 1. The molecule has 136 valence electrons. The lowest BCUT2D eigenvalue weighted by molar-refractivity contribution is -0.196. The minimum Gasteiger partial charge on any atom is -0.353 e. The van der Waals surface area contributed by atoms with Crippen molar-refractivity contribution in [3.8, 4) is 0 Å². The molecule has 1 N–H and O–H groups in total. The Morgan fingerprint density at radius 3 is 2.15 bits per heavy atom. The van der Waals surface area contributed by atoms with Gasteiger partial charge in [0, 0.05) is 6.20 Å². The molecule has 5 nitrogen and oxygen atoms in total. The third kappa shape index (κ3) is 3.35. The summed E-state index contributed by atoms with van der Waals surface area (Å²) in [5.74, 6) is -0.258. The SMILES string of the molecule is O=C(N[C@H]1COCOC1(c1ccccc1)c1ccccc1)c1ccccn1. The smallest absolute Gasteiger partial charge is 0.270 e. The summed E-state index contributed by atoms with van der Waals surface area (Å²) in [4.78, 5) is 16.9. The molecule has 1 aromatic heterocycles. The van der Waals surface area contributed by atoms with Gasteiger partial charge in [-0.05, 0) is 23.3 Å². The molecule has 27 heavy (non-hydrogen) atoms. The molecule has 0 radical (unpaired) electrons. The van der Waals surface area contributed by atoms with Gasteiger partial charge in [0.1, 0.15) is 18.1 Å². The number of carbonyl (C=O) groups is 1. The molecule has 0 bridgehead atoms. The Hall–Kier alpha value is -3.02. The van der Waals surface area contributed by atoms with Gasteiger partial charge in [0.15, 0.2) is 0 Å². The average Bonchev–Trinajstić information content (AvgIpc) is 2.76. The Morgan fingerprint density at radius 2 is 1.56 bits per heavy atom. The van der Waals surface area contributed by atoms with Crippen molar-refractivity contribution in [1.82, 2.24) is 10.3 Å². The zero-order chi connectivity index (χ0) is 18.5. The molecule has 3 aromatic rings. The van der Waals surface area contributed by atoms with Gasteiger partial charge in [0.2, 0.25) is 0 Å². The molecule has 1 fully saturated rings. The van der Waals surface area contributed by atoms with Gasteiger partial charge < -0.3 is 14.8 Å². The highest BCUT2D eigenvalue weighted by Crippen LogP contribution is 2.39. The molecule has 0 saturated carbocycles. The van der Waals surface area contributed by atoms with Gasteiger partial charge in [-0.15, -0.1) is 0 Å². The van der Waals surface area contributed by atoms with Gasteiger partial charge in [0.05, 0.1) is 12.6 Å². The van der Waals surface area contributed by atoms with Crippen LogP contribution < -0.4 is 5.32 Å². The third-order valence-electron chi connectivity index (χ3n) is 4.75. The van der Waals surface area contributed by atoms with Crippen molar-refractivity contribution >= 4 is 5.91 Å². The second kappa shape index (κ2) is 7.70. The summed E-state index contributed by atoms with van der Waals surface area (Å²) in [5.41, 5.74) is 1.44. The second-order valence-electron chi connectivity index (χ2n) is 6.34. The van der Waals surface area contributed by atoms with E-state index in [1.54, 1.807) is 24.4 Å². The van der Waals surface area contributed by atoms with Gasteiger partial charge in [-0.25, -0.2) is 0 Å². The lowest BCUT2D eigenvalue weighted by Gasteiger charge is -2.44. The summed E-state index contributed by atoms with van der Waals surface area (Å²) in [6.07, 6.45) is 1.60. The van der Waals surface area contributed by atoms with Crippen LogP contribution in [0.4, 0.5) is 0 Å². The summed E-state index contributed by atoms with van der Waals surface area (Å²) in [7, 11) is 0. The second-order valence-corrected chi connectivity index (χ2v) is 6.34. The predicted molar refractivity (Wildman–Crippen MR) is 101 cm³/mol. The van der Waals surface area contributed by atoms with Gasteiger partial charge in [-0.1, -0.05) is 66.7 Å². The molecule has 4 rings (SSSR count). The standard InChI is InChI=1S/C22H20N2O3/c25-21(19-13-7-8-14-23-19)24-20-15-26-16-27-22(20,17-9-3-1-4-10-17)18-11-5-2-6-12-18/h1-14,20H,15-16H2,(H,24,25)/t20-/m0/s1. The highest BCUT2D eigenvalue weighted by atomic mass is 16.7. The predicted octanol–water partition coefficient (Wildman–Crippen LogP) is 3.13. The fourth-order valence-corrected chi connectivity index (χ4v) is 3.50. The van der Waals surface area contributed by atoms with Gasteiger partial charge in [-0.2, -0.15) is 0 Å². The largest absolute Gasteiger partial charge is 0.353 e. The molecule has 0 unspecified atom stereocenters. The van der Waals surface area contributed by atoms with Crippen molar-refractivity contribution in [2.75, 3.05) is 13.4 Å². The van der Waals surface area contributed by atoms with E-state index in [1.807, 2.05) is 60.7 Å². The minimum atomic E-state index is -0.842. The Balaban J connectivity index is 1.77. The maximum Gasteiger partial charge on any atom is 0.270 e. The van der Waals surface area contributed by atoms with E-state index in [0.29, 0.717) is 12.3 Å². The number of rotatable bonds is 4. The van der Waals surface area contributed by atoms with Crippen LogP contribution in [0.15, 0.2) is 85.1 Å². The van der Waals surface area contributed by atoms with Crippen molar-refractivity contribution < 1.29 is 14.3 Å². The molecular formula is C22H20N2O3. The van der Waals surface area contributed by atoms with Gasteiger partial charge in [-0.3, -0.25) is 9.78 Å². The minimum absolute atomic E-state index is 0.153. The molecule has 1 aliphatic heterocycles. The van der Waals surface area contributed by atoms with Crippen molar-refractivity contribution in [2.45, 2.75) is 11.6 Å². The van der Waals surface area contributed by atoms with E-state index in [4.69, 9.17) is 9.47 Å². The molecule has 2 aromatic carbocycles. The van der Waals surface area contributed by atoms with Crippen LogP contribution in [0.25, 0.3) is 0 Å². The number of hydrogen-bond acceptors (Lipinski definition) is 4. The Kier molecular flexibility index (Phi) is 4.96. The third-order valence-corrected chi connectivity index (χ3v) is 4.75. The monoisotopic (exact) mass is 360 g/mol. The van der Waals surface area contributed by atoms with Crippen molar-refractivity contribution in [3.63, 3.8) is 0 Å². The lowest BCUT2D eigenvalue weighted by atomic mass is 9.79. The Labute approximate surface area is 158 Å². The Bertz CT molecular complexity index is 846. The summed E-state index contributed by atoms with van der Waals surface area (Å²) in [6.45, 7) is 0.488. The highest BCUT2D eigenvalue weighted by Gasteiger charge is 2.47. The highest BCUT2D eigenvalue weighted by molar-refractivity contribution is 5.92.